The molecule has 7 rings (SSSR count). The second-order valence-corrected chi connectivity index (χ2v) is 19.6. The van der Waals surface area contributed by atoms with Crippen molar-refractivity contribution in [3.8, 4) is 0 Å². The molecule has 6 aliphatic carbocycles. The van der Waals surface area contributed by atoms with Crippen LogP contribution in [-0.4, -0.2) is 46.7 Å². The Hall–Kier alpha value is -2.11. The summed E-state index contributed by atoms with van der Waals surface area (Å²) in [5.74, 6) is 2.86. The molecule has 50 heavy (non-hydrogen) atoms. The number of fused-ring (bicyclic) bond motifs is 7. The Morgan fingerprint density at radius 3 is 2.18 bits per heavy atom. The van der Waals surface area contributed by atoms with Gasteiger partial charge in [0.1, 0.15) is 0 Å². The van der Waals surface area contributed by atoms with Gasteiger partial charge in [-0.3, -0.25) is 0 Å². The average Bonchev–Trinajstić information content (AvgIpc) is 3.72. The van der Waals surface area contributed by atoms with Crippen molar-refractivity contribution in [3.63, 3.8) is 0 Å². The van der Waals surface area contributed by atoms with Gasteiger partial charge in [-0.05, 0) is 159 Å². The number of allylic oxidation sites excluding steroid dienone is 3. The van der Waals surface area contributed by atoms with E-state index in [-0.39, 0.29) is 45.4 Å². The minimum atomic E-state index is -0.135. The largest absolute Gasteiger partial charge is 0.392 e. The third-order valence-corrected chi connectivity index (χ3v) is 17.1. The molecule has 9 atom stereocenters. The average molecular weight is 684 g/mol. The van der Waals surface area contributed by atoms with Gasteiger partial charge >= 0.3 is 6.03 Å². The highest BCUT2D eigenvalue weighted by atomic mass is 16.3. The lowest BCUT2D eigenvalue weighted by molar-refractivity contribution is -0.218. The number of nitrogens with one attached hydrogen (secondary N) is 2. The summed E-state index contributed by atoms with van der Waals surface area (Å²) in [6.45, 7) is 27.5. The molecule has 0 bridgehead atoms. The van der Waals surface area contributed by atoms with Gasteiger partial charge in [-0.15, -0.1) is 0 Å². The van der Waals surface area contributed by atoms with Crippen LogP contribution in [0.4, 0.5) is 4.79 Å². The van der Waals surface area contributed by atoms with Crippen LogP contribution >= 0.6 is 0 Å². The van der Waals surface area contributed by atoms with E-state index in [1.54, 1.807) is 0 Å². The zero-order chi connectivity index (χ0) is 35.9. The molecule has 0 heterocycles. The molecular formula is C45H69N3O2. The predicted molar refractivity (Wildman–Crippen MR) is 206 cm³/mol. The van der Waals surface area contributed by atoms with Crippen molar-refractivity contribution in [1.82, 2.24) is 15.5 Å². The second-order valence-electron chi connectivity index (χ2n) is 19.6. The van der Waals surface area contributed by atoms with E-state index < -0.39 is 0 Å². The molecule has 0 spiro atoms. The minimum Gasteiger partial charge on any atom is -0.392 e. The monoisotopic (exact) mass is 684 g/mol. The summed E-state index contributed by atoms with van der Waals surface area (Å²) in [5.41, 5.74) is 5.80. The Balaban J connectivity index is 1.16. The number of hydrogen-bond acceptors (Lipinski definition) is 3. The number of amides is 2. The molecule has 0 saturated heterocycles. The number of likely N-dealkylation sites (N-methyl/N-ethyl adjacent to an activating group) is 1. The fraction of sp³-hybridized carbons (Fsp3) is 0.756. The topological polar surface area (TPSA) is 64.6 Å². The molecule has 276 valence electrons. The van der Waals surface area contributed by atoms with E-state index in [4.69, 9.17) is 0 Å². The highest BCUT2D eigenvalue weighted by Crippen LogP contribution is 2.76. The maximum atomic E-state index is 14.0. The highest BCUT2D eigenvalue weighted by Gasteiger charge is 2.70. The standard InChI is InChI=1S/C45H69N3O2/c1-10-48(11-2)29-44(25-26-44)46-39(50)47-45-23-18-33(30(3)4)38(45)35-16-17-37-41(7)21-19-34(32-14-12-31(28-49)13-15-32)40(5,6)36(41)20-22-43(37,9)42(35,8)24-27-45/h12-15,19,33,35-38,49H,3,10-11,16-18,20-29H2,1-2,4-9H3,(H2,46,47,50). The van der Waals surface area contributed by atoms with Crippen LogP contribution in [0.15, 0.2) is 42.5 Å². The van der Waals surface area contributed by atoms with Crippen LogP contribution in [0.5, 0.6) is 0 Å². The number of benzene rings is 1. The molecule has 9 unspecified atom stereocenters. The van der Waals surface area contributed by atoms with Gasteiger partial charge in [-0.1, -0.05) is 91.0 Å². The van der Waals surface area contributed by atoms with Gasteiger partial charge in [0.25, 0.3) is 0 Å². The fourth-order valence-electron chi connectivity index (χ4n) is 14.1. The summed E-state index contributed by atoms with van der Waals surface area (Å²) < 4.78 is 0. The maximum Gasteiger partial charge on any atom is 0.315 e. The summed E-state index contributed by atoms with van der Waals surface area (Å²) in [7, 11) is 0. The van der Waals surface area contributed by atoms with Crippen molar-refractivity contribution in [2.45, 2.75) is 144 Å². The summed E-state index contributed by atoms with van der Waals surface area (Å²) in [5, 5.41) is 17.0. The third kappa shape index (κ3) is 5.40. The van der Waals surface area contributed by atoms with Crippen LogP contribution in [0.2, 0.25) is 0 Å². The highest BCUT2D eigenvalue weighted by molar-refractivity contribution is 5.76. The van der Waals surface area contributed by atoms with Crippen LogP contribution in [0.1, 0.15) is 137 Å². The normalized spacial score (nSPS) is 40.8. The number of hydrogen-bond donors (Lipinski definition) is 3. The number of urea groups is 1. The number of carbonyl (C=O) groups excluding carboxylic acids is 1. The molecule has 6 aliphatic rings. The molecule has 0 radical (unpaired) electrons. The van der Waals surface area contributed by atoms with Crippen molar-refractivity contribution in [1.29, 1.82) is 0 Å². The van der Waals surface area contributed by atoms with Gasteiger partial charge in [0.2, 0.25) is 0 Å². The van der Waals surface area contributed by atoms with Crippen LogP contribution in [-0.2, 0) is 6.61 Å². The number of rotatable bonds is 9. The summed E-state index contributed by atoms with van der Waals surface area (Å²) in [6.07, 6.45) is 15.6. The smallest absolute Gasteiger partial charge is 0.315 e. The minimum absolute atomic E-state index is 0.0532. The number of aliphatic hydroxyl groups excluding tert-OH is 1. The van der Waals surface area contributed by atoms with E-state index in [0.717, 1.165) is 63.7 Å². The SMILES string of the molecule is C=C(C)C1CCC2(NC(=O)NC3(CN(CC)CC)CC3)CCC3(C)C(CCC4C5(C)CC=C(c6ccc(CO)cc6)C(C)(C)C5CCC43C)C12. The molecule has 3 N–H and O–H groups in total. The third-order valence-electron chi connectivity index (χ3n) is 17.1. The van der Waals surface area contributed by atoms with Crippen LogP contribution in [0.3, 0.4) is 0 Å². The molecular weight excluding hydrogens is 615 g/mol. The zero-order valence-corrected chi connectivity index (χ0v) is 32.9. The molecule has 0 aliphatic heterocycles. The first-order chi connectivity index (χ1) is 23.6. The van der Waals surface area contributed by atoms with Gasteiger partial charge in [0.05, 0.1) is 12.1 Å². The van der Waals surface area contributed by atoms with Gasteiger partial charge < -0.3 is 20.6 Å². The van der Waals surface area contributed by atoms with E-state index in [9.17, 15) is 9.90 Å². The molecule has 5 fully saturated rings. The van der Waals surface area contributed by atoms with Gasteiger partial charge in [-0.25, -0.2) is 4.79 Å². The van der Waals surface area contributed by atoms with Crippen LogP contribution < -0.4 is 10.6 Å². The Bertz CT molecular complexity index is 1500. The molecule has 5 saturated carbocycles. The second kappa shape index (κ2) is 12.5. The molecule has 5 nitrogen and oxygen atoms in total. The predicted octanol–water partition coefficient (Wildman–Crippen LogP) is 9.76. The van der Waals surface area contributed by atoms with Gasteiger partial charge in [-0.2, -0.15) is 0 Å². The first kappa shape index (κ1) is 36.3. The van der Waals surface area contributed by atoms with Crippen LogP contribution in [0, 0.1) is 51.2 Å². The van der Waals surface area contributed by atoms with E-state index in [1.165, 1.54) is 48.8 Å². The van der Waals surface area contributed by atoms with Crippen molar-refractivity contribution in [2.75, 3.05) is 19.6 Å². The van der Waals surface area contributed by atoms with Crippen molar-refractivity contribution >= 4 is 11.6 Å². The fourth-order valence-corrected chi connectivity index (χ4v) is 14.1. The number of carbonyl (C=O) groups is 1. The van der Waals surface area contributed by atoms with E-state index >= 15 is 0 Å². The quantitative estimate of drug-likeness (QED) is 0.227. The summed E-state index contributed by atoms with van der Waals surface area (Å²) in [4.78, 5) is 16.5. The molecule has 0 aromatic heterocycles. The van der Waals surface area contributed by atoms with Crippen molar-refractivity contribution in [2.24, 2.45) is 51.2 Å². The lowest BCUT2D eigenvalue weighted by Crippen LogP contribution is -2.69. The Morgan fingerprint density at radius 2 is 1.56 bits per heavy atom. The van der Waals surface area contributed by atoms with Crippen molar-refractivity contribution in [3.05, 3.63) is 53.6 Å². The van der Waals surface area contributed by atoms with Crippen molar-refractivity contribution < 1.29 is 9.90 Å². The first-order valence-electron chi connectivity index (χ1n) is 20.5. The molecule has 5 heteroatoms. The lowest BCUT2D eigenvalue weighted by atomic mass is 9.33. The summed E-state index contributed by atoms with van der Waals surface area (Å²) in [6, 6.07) is 8.74. The number of aliphatic hydroxyl groups is 1. The van der Waals surface area contributed by atoms with Crippen LogP contribution in [0.25, 0.3) is 5.57 Å². The molecule has 2 amide bonds. The number of nitrogens with zero attached hydrogens (tertiary/aromatic N) is 1. The Labute approximate surface area is 304 Å². The summed E-state index contributed by atoms with van der Waals surface area (Å²) >= 11 is 0. The van der Waals surface area contributed by atoms with Gasteiger partial charge in [0, 0.05) is 12.1 Å². The first-order valence-corrected chi connectivity index (χ1v) is 20.5. The van der Waals surface area contributed by atoms with E-state index in [1.807, 2.05) is 0 Å². The van der Waals surface area contributed by atoms with E-state index in [0.29, 0.717) is 29.6 Å². The molecule has 1 aromatic rings. The maximum absolute atomic E-state index is 14.0. The molecule has 1 aromatic carbocycles. The van der Waals surface area contributed by atoms with Gasteiger partial charge in [0.15, 0.2) is 0 Å². The van der Waals surface area contributed by atoms with E-state index in [2.05, 4.69) is 108 Å². The Kier molecular flexibility index (Phi) is 9.06. The Morgan fingerprint density at radius 1 is 0.860 bits per heavy atom. The zero-order valence-electron chi connectivity index (χ0n) is 32.9. The lowest BCUT2D eigenvalue weighted by Gasteiger charge is -2.72.